The molecule has 0 aliphatic carbocycles. The fourth-order valence-electron chi connectivity index (χ4n) is 1.83. The van der Waals surface area contributed by atoms with Gasteiger partial charge in [-0.05, 0) is 24.3 Å². The Balaban J connectivity index is 2.47. The zero-order valence-corrected chi connectivity index (χ0v) is 12.7. The lowest BCUT2D eigenvalue weighted by Gasteiger charge is -2.08. The summed E-state index contributed by atoms with van der Waals surface area (Å²) in [7, 11) is 1.24. The van der Waals surface area contributed by atoms with E-state index in [-0.39, 0.29) is 21.7 Å². The number of aromatic carboxylic acids is 1. The van der Waals surface area contributed by atoms with Gasteiger partial charge in [0.25, 0.3) is 5.69 Å². The molecule has 2 aromatic carbocycles. The molecule has 23 heavy (non-hydrogen) atoms. The Hall–Kier alpha value is -2.87. The number of nitro benzene ring substituents is 1. The van der Waals surface area contributed by atoms with Gasteiger partial charge in [0.1, 0.15) is 0 Å². The predicted molar refractivity (Wildman–Crippen MR) is 82.0 cm³/mol. The van der Waals surface area contributed by atoms with Crippen molar-refractivity contribution in [3.05, 3.63) is 63.7 Å². The highest BCUT2D eigenvalue weighted by Crippen LogP contribution is 2.37. The van der Waals surface area contributed by atoms with Gasteiger partial charge in [-0.1, -0.05) is 23.9 Å². The molecule has 7 nitrogen and oxygen atoms in total. The third-order valence-corrected chi connectivity index (χ3v) is 4.06. The van der Waals surface area contributed by atoms with Gasteiger partial charge < -0.3 is 9.84 Å². The molecule has 0 radical (unpaired) electrons. The summed E-state index contributed by atoms with van der Waals surface area (Å²) in [5.74, 6) is -1.81. The molecule has 118 valence electrons. The van der Waals surface area contributed by atoms with Crippen LogP contribution in [0.15, 0.2) is 52.3 Å². The molecular formula is C15H11NO6S. The van der Waals surface area contributed by atoms with Gasteiger partial charge in [-0.25, -0.2) is 9.59 Å². The van der Waals surface area contributed by atoms with Crippen LogP contribution in [0, 0.1) is 10.1 Å². The van der Waals surface area contributed by atoms with Gasteiger partial charge >= 0.3 is 11.9 Å². The number of carbonyl (C=O) groups is 2. The minimum absolute atomic E-state index is 0.178. The Bertz CT molecular complexity index is 789. The number of nitro groups is 1. The normalized spacial score (nSPS) is 10.1. The van der Waals surface area contributed by atoms with E-state index >= 15 is 0 Å². The van der Waals surface area contributed by atoms with Crippen molar-refractivity contribution in [1.29, 1.82) is 0 Å². The molecule has 2 rings (SSSR count). The highest BCUT2D eigenvalue weighted by Gasteiger charge is 2.20. The molecule has 0 fully saturated rings. The van der Waals surface area contributed by atoms with Gasteiger partial charge in [-0.3, -0.25) is 10.1 Å². The monoisotopic (exact) mass is 333 g/mol. The minimum atomic E-state index is -1.25. The molecular weight excluding hydrogens is 322 g/mol. The van der Waals surface area contributed by atoms with Crippen LogP contribution in [0.5, 0.6) is 0 Å². The third-order valence-electron chi connectivity index (χ3n) is 2.91. The van der Waals surface area contributed by atoms with Crippen LogP contribution in [-0.4, -0.2) is 29.1 Å². The molecule has 0 heterocycles. The number of benzene rings is 2. The van der Waals surface area contributed by atoms with Gasteiger partial charge in [-0.2, -0.15) is 0 Å². The van der Waals surface area contributed by atoms with Gasteiger partial charge in [-0.15, -0.1) is 0 Å². The first kappa shape index (κ1) is 16.5. The standard InChI is InChI=1S/C15H11NO6S/c1-22-15(19)10-4-2-3-5-12(10)23-13-7-6-9(14(17)18)8-11(13)16(20)21/h2-8H,1H3,(H,17,18). The molecule has 0 amide bonds. The molecule has 1 N–H and O–H groups in total. The second-order valence-corrected chi connectivity index (χ2v) is 5.42. The Morgan fingerprint density at radius 1 is 1.17 bits per heavy atom. The first-order chi connectivity index (χ1) is 10.9. The smallest absolute Gasteiger partial charge is 0.339 e. The number of hydrogen-bond acceptors (Lipinski definition) is 6. The van der Waals surface area contributed by atoms with Gasteiger partial charge in [0.05, 0.1) is 28.1 Å². The molecule has 0 aliphatic rings. The zero-order chi connectivity index (χ0) is 17.0. The molecule has 8 heteroatoms. The topological polar surface area (TPSA) is 107 Å². The van der Waals surface area contributed by atoms with E-state index in [4.69, 9.17) is 5.11 Å². The van der Waals surface area contributed by atoms with E-state index in [0.29, 0.717) is 4.90 Å². The summed E-state index contributed by atoms with van der Waals surface area (Å²) >= 11 is 0.998. The lowest BCUT2D eigenvalue weighted by atomic mass is 10.2. The van der Waals surface area contributed by atoms with Gasteiger partial charge in [0.2, 0.25) is 0 Å². The van der Waals surface area contributed by atoms with E-state index in [0.717, 1.165) is 17.8 Å². The number of ether oxygens (including phenoxy) is 1. The Kier molecular flexibility index (Phi) is 4.97. The predicted octanol–water partition coefficient (Wildman–Crippen LogP) is 3.23. The molecule has 0 unspecified atom stereocenters. The van der Waals surface area contributed by atoms with Crippen molar-refractivity contribution in [2.75, 3.05) is 7.11 Å². The fraction of sp³-hybridized carbons (Fsp3) is 0.0667. The summed E-state index contributed by atoms with van der Waals surface area (Å²) in [5, 5.41) is 20.1. The summed E-state index contributed by atoms with van der Waals surface area (Å²) in [5.41, 5.74) is -0.242. The second-order valence-electron chi connectivity index (χ2n) is 4.33. The summed E-state index contributed by atoms with van der Waals surface area (Å²) in [6.07, 6.45) is 0. The lowest BCUT2D eigenvalue weighted by Crippen LogP contribution is -2.03. The quantitative estimate of drug-likeness (QED) is 0.508. The van der Waals surface area contributed by atoms with Crippen LogP contribution in [0.1, 0.15) is 20.7 Å². The van der Waals surface area contributed by atoms with Crippen LogP contribution in [0.3, 0.4) is 0 Å². The van der Waals surface area contributed by atoms with Crippen molar-refractivity contribution in [3.8, 4) is 0 Å². The summed E-state index contributed by atoms with van der Waals surface area (Å²) in [6, 6.07) is 10.1. The van der Waals surface area contributed by atoms with Crippen molar-refractivity contribution >= 4 is 29.4 Å². The minimum Gasteiger partial charge on any atom is -0.478 e. The Morgan fingerprint density at radius 2 is 1.87 bits per heavy atom. The molecule has 0 saturated carbocycles. The first-order valence-corrected chi connectivity index (χ1v) is 7.12. The Labute approximate surface area is 135 Å². The van der Waals surface area contributed by atoms with E-state index < -0.39 is 16.9 Å². The number of esters is 1. The maximum atomic E-state index is 11.7. The van der Waals surface area contributed by atoms with Crippen LogP contribution in [0.2, 0.25) is 0 Å². The third kappa shape index (κ3) is 3.67. The van der Waals surface area contributed by atoms with Gasteiger partial charge in [0, 0.05) is 11.0 Å². The maximum Gasteiger partial charge on any atom is 0.339 e. The summed E-state index contributed by atoms with van der Waals surface area (Å²) in [6.45, 7) is 0. The molecule has 0 aliphatic heterocycles. The number of carboxylic acid groups (broad SMARTS) is 1. The van der Waals surface area contributed by atoms with Gasteiger partial charge in [0.15, 0.2) is 0 Å². The SMILES string of the molecule is COC(=O)c1ccccc1Sc1ccc(C(=O)O)cc1[N+](=O)[O-]. The summed E-state index contributed by atoms with van der Waals surface area (Å²) < 4.78 is 4.68. The van der Waals surface area contributed by atoms with E-state index in [1.165, 1.54) is 19.2 Å². The van der Waals surface area contributed by atoms with Crippen molar-refractivity contribution in [1.82, 2.24) is 0 Å². The van der Waals surface area contributed by atoms with Crippen LogP contribution >= 0.6 is 11.8 Å². The molecule has 0 bridgehead atoms. The maximum absolute atomic E-state index is 11.7. The van der Waals surface area contributed by atoms with Crippen molar-refractivity contribution in [3.63, 3.8) is 0 Å². The second kappa shape index (κ2) is 6.93. The van der Waals surface area contributed by atoms with Crippen molar-refractivity contribution in [2.24, 2.45) is 0 Å². The highest BCUT2D eigenvalue weighted by atomic mass is 32.2. The lowest BCUT2D eigenvalue weighted by molar-refractivity contribution is -0.387. The van der Waals surface area contributed by atoms with E-state index in [1.807, 2.05) is 0 Å². The number of rotatable bonds is 5. The van der Waals surface area contributed by atoms with Crippen LogP contribution in [0.25, 0.3) is 0 Å². The van der Waals surface area contributed by atoms with Crippen LogP contribution < -0.4 is 0 Å². The largest absolute Gasteiger partial charge is 0.478 e. The number of carboxylic acids is 1. The van der Waals surface area contributed by atoms with E-state index in [9.17, 15) is 19.7 Å². The van der Waals surface area contributed by atoms with Crippen molar-refractivity contribution < 1.29 is 24.4 Å². The zero-order valence-electron chi connectivity index (χ0n) is 11.9. The number of methoxy groups -OCH3 is 1. The molecule has 0 saturated heterocycles. The average molecular weight is 333 g/mol. The molecule has 0 aromatic heterocycles. The first-order valence-electron chi connectivity index (χ1n) is 6.31. The van der Waals surface area contributed by atoms with Crippen LogP contribution in [-0.2, 0) is 4.74 Å². The van der Waals surface area contributed by atoms with E-state index in [2.05, 4.69) is 4.74 Å². The number of nitrogens with zero attached hydrogens (tertiary/aromatic N) is 1. The van der Waals surface area contributed by atoms with Crippen molar-refractivity contribution in [2.45, 2.75) is 9.79 Å². The Morgan fingerprint density at radius 3 is 2.48 bits per heavy atom. The molecule has 0 atom stereocenters. The molecule has 0 spiro atoms. The number of carbonyl (C=O) groups excluding carboxylic acids is 1. The summed E-state index contributed by atoms with van der Waals surface area (Å²) in [4.78, 5) is 33.9. The van der Waals surface area contributed by atoms with E-state index in [1.54, 1.807) is 24.3 Å². The molecule has 2 aromatic rings. The fourth-order valence-corrected chi connectivity index (χ4v) is 2.85. The average Bonchev–Trinajstić information content (AvgIpc) is 2.54. The van der Waals surface area contributed by atoms with Crippen LogP contribution in [0.4, 0.5) is 5.69 Å². The highest BCUT2D eigenvalue weighted by molar-refractivity contribution is 7.99. The number of hydrogen-bond donors (Lipinski definition) is 1.